The van der Waals surface area contributed by atoms with Gasteiger partial charge in [-0.05, 0) is 42.7 Å². The summed E-state index contributed by atoms with van der Waals surface area (Å²) >= 11 is 0. The van der Waals surface area contributed by atoms with E-state index in [0.29, 0.717) is 0 Å². The van der Waals surface area contributed by atoms with E-state index in [-0.39, 0.29) is 0 Å². The number of aromatic nitrogens is 1. The molecule has 0 radical (unpaired) electrons. The van der Waals surface area contributed by atoms with Crippen molar-refractivity contribution < 1.29 is 4.74 Å². The number of fused-ring (bicyclic) bond motifs is 2. The molecular formula is C20H20N2O. The number of aryl methyl sites for hydroxylation is 1. The zero-order chi connectivity index (χ0) is 15.8. The first-order valence-corrected chi connectivity index (χ1v) is 8.02. The van der Waals surface area contributed by atoms with Crippen LogP contribution in [0, 0.1) is 6.92 Å². The number of hydrogen-bond acceptors (Lipinski definition) is 3. The van der Waals surface area contributed by atoms with E-state index in [1.807, 2.05) is 12.1 Å². The number of ether oxygens (including phenoxy) is 1. The molecular weight excluding hydrogens is 284 g/mol. The van der Waals surface area contributed by atoms with Gasteiger partial charge in [-0.15, -0.1) is 0 Å². The van der Waals surface area contributed by atoms with Crippen molar-refractivity contribution in [1.82, 2.24) is 4.98 Å². The molecule has 0 N–H and O–H groups in total. The van der Waals surface area contributed by atoms with Gasteiger partial charge < -0.3 is 9.64 Å². The summed E-state index contributed by atoms with van der Waals surface area (Å²) in [6, 6.07) is 17.1. The lowest BCUT2D eigenvalue weighted by Crippen LogP contribution is -2.30. The second-order valence-electron chi connectivity index (χ2n) is 6.11. The molecule has 0 aliphatic carbocycles. The van der Waals surface area contributed by atoms with Crippen LogP contribution in [-0.2, 0) is 13.0 Å². The third kappa shape index (κ3) is 2.52. The van der Waals surface area contributed by atoms with Crippen molar-refractivity contribution in [2.45, 2.75) is 19.9 Å². The van der Waals surface area contributed by atoms with Crippen LogP contribution in [0.4, 0.5) is 5.69 Å². The highest BCUT2D eigenvalue weighted by Crippen LogP contribution is 2.32. The lowest BCUT2D eigenvalue weighted by atomic mass is 9.99. The molecule has 0 saturated heterocycles. The van der Waals surface area contributed by atoms with Gasteiger partial charge in [0, 0.05) is 35.9 Å². The van der Waals surface area contributed by atoms with Crippen LogP contribution >= 0.6 is 0 Å². The zero-order valence-corrected chi connectivity index (χ0v) is 13.5. The van der Waals surface area contributed by atoms with E-state index < -0.39 is 0 Å². The summed E-state index contributed by atoms with van der Waals surface area (Å²) in [5, 5.41) is 1.19. The maximum Gasteiger partial charge on any atom is 0.121 e. The van der Waals surface area contributed by atoms with Crippen molar-refractivity contribution in [3.05, 3.63) is 65.4 Å². The zero-order valence-electron chi connectivity index (χ0n) is 13.5. The van der Waals surface area contributed by atoms with Gasteiger partial charge in [0.15, 0.2) is 0 Å². The molecule has 0 spiro atoms. The van der Waals surface area contributed by atoms with Crippen LogP contribution in [0.3, 0.4) is 0 Å². The Morgan fingerprint density at radius 1 is 1.04 bits per heavy atom. The molecule has 0 fully saturated rings. The van der Waals surface area contributed by atoms with Gasteiger partial charge in [-0.3, -0.25) is 4.98 Å². The number of rotatable bonds is 2. The number of nitrogens with zero attached hydrogens (tertiary/aromatic N) is 2. The Morgan fingerprint density at radius 3 is 2.70 bits per heavy atom. The average Bonchev–Trinajstić information content (AvgIpc) is 2.60. The van der Waals surface area contributed by atoms with Crippen molar-refractivity contribution >= 4 is 16.6 Å². The third-order valence-corrected chi connectivity index (χ3v) is 4.59. The minimum Gasteiger partial charge on any atom is -0.497 e. The smallest absolute Gasteiger partial charge is 0.121 e. The summed E-state index contributed by atoms with van der Waals surface area (Å²) in [7, 11) is 1.69. The lowest BCUT2D eigenvalue weighted by Gasteiger charge is -2.31. The summed E-state index contributed by atoms with van der Waals surface area (Å²) in [6.07, 6.45) is 1.09. The van der Waals surface area contributed by atoms with E-state index in [4.69, 9.17) is 4.74 Å². The summed E-state index contributed by atoms with van der Waals surface area (Å²) in [5.74, 6) is 0.852. The van der Waals surface area contributed by atoms with Crippen LogP contribution in [-0.4, -0.2) is 18.6 Å². The first-order valence-electron chi connectivity index (χ1n) is 8.02. The van der Waals surface area contributed by atoms with Crippen LogP contribution in [0.25, 0.3) is 10.9 Å². The van der Waals surface area contributed by atoms with Gasteiger partial charge in [-0.1, -0.05) is 24.3 Å². The van der Waals surface area contributed by atoms with Crippen molar-refractivity contribution in [3.8, 4) is 5.75 Å². The summed E-state index contributed by atoms with van der Waals surface area (Å²) < 4.78 is 5.34. The molecule has 2 heterocycles. The molecule has 2 aromatic carbocycles. The summed E-state index contributed by atoms with van der Waals surface area (Å²) in [5.41, 5.74) is 6.21. The lowest BCUT2D eigenvalue weighted by molar-refractivity contribution is 0.415. The Labute approximate surface area is 136 Å². The normalized spacial score (nSPS) is 13.9. The first-order chi connectivity index (χ1) is 11.2. The van der Waals surface area contributed by atoms with Crippen LogP contribution < -0.4 is 9.64 Å². The molecule has 1 aliphatic heterocycles. The number of anilines is 1. The molecule has 0 saturated carbocycles. The van der Waals surface area contributed by atoms with Crippen molar-refractivity contribution in [1.29, 1.82) is 0 Å². The quantitative estimate of drug-likeness (QED) is 0.712. The van der Waals surface area contributed by atoms with Crippen LogP contribution in [0.2, 0.25) is 0 Å². The largest absolute Gasteiger partial charge is 0.497 e. The molecule has 3 heteroatoms. The molecule has 1 aromatic heterocycles. The average molecular weight is 304 g/mol. The Kier molecular flexibility index (Phi) is 3.41. The van der Waals surface area contributed by atoms with E-state index in [9.17, 15) is 0 Å². The SMILES string of the molecule is COc1ccc2c(N3CCc4ccccc4C3)cc(C)nc2c1. The Bertz CT molecular complexity index is 873. The van der Waals surface area contributed by atoms with E-state index in [0.717, 1.165) is 36.5 Å². The van der Waals surface area contributed by atoms with Gasteiger partial charge in [-0.25, -0.2) is 0 Å². The van der Waals surface area contributed by atoms with Crippen LogP contribution in [0.1, 0.15) is 16.8 Å². The van der Waals surface area contributed by atoms with Gasteiger partial charge in [-0.2, -0.15) is 0 Å². The molecule has 116 valence electrons. The molecule has 1 aliphatic rings. The third-order valence-electron chi connectivity index (χ3n) is 4.59. The molecule has 0 bridgehead atoms. The minimum atomic E-state index is 0.852. The number of pyridine rings is 1. The van der Waals surface area contributed by atoms with Gasteiger partial charge in [0.1, 0.15) is 5.75 Å². The second-order valence-corrected chi connectivity index (χ2v) is 6.11. The number of methoxy groups -OCH3 is 1. The van der Waals surface area contributed by atoms with Gasteiger partial charge in [0.25, 0.3) is 0 Å². The second kappa shape index (κ2) is 5.58. The van der Waals surface area contributed by atoms with E-state index in [2.05, 4.69) is 53.2 Å². The molecule has 4 rings (SSSR count). The van der Waals surface area contributed by atoms with Crippen LogP contribution in [0.5, 0.6) is 5.75 Å². The molecule has 0 atom stereocenters. The highest BCUT2D eigenvalue weighted by molar-refractivity contribution is 5.93. The molecule has 23 heavy (non-hydrogen) atoms. The number of benzene rings is 2. The molecule has 3 aromatic rings. The molecule has 0 amide bonds. The van der Waals surface area contributed by atoms with Gasteiger partial charge in [0.2, 0.25) is 0 Å². The molecule has 3 nitrogen and oxygen atoms in total. The van der Waals surface area contributed by atoms with E-state index >= 15 is 0 Å². The fourth-order valence-corrected chi connectivity index (χ4v) is 3.41. The highest BCUT2D eigenvalue weighted by Gasteiger charge is 2.18. The standard InChI is InChI=1S/C20H20N2O/c1-14-11-20(18-8-7-17(23-2)12-19(18)21-14)22-10-9-15-5-3-4-6-16(15)13-22/h3-8,11-12H,9-10,13H2,1-2H3. The van der Waals surface area contributed by atoms with Crippen molar-refractivity contribution in [2.75, 3.05) is 18.6 Å². The number of hydrogen-bond donors (Lipinski definition) is 0. The summed E-state index contributed by atoms with van der Waals surface area (Å²) in [6.45, 7) is 4.06. The predicted molar refractivity (Wildman–Crippen MR) is 94.2 cm³/mol. The fraction of sp³-hybridized carbons (Fsp3) is 0.250. The van der Waals surface area contributed by atoms with Crippen molar-refractivity contribution in [2.24, 2.45) is 0 Å². The maximum absolute atomic E-state index is 5.34. The van der Waals surface area contributed by atoms with E-state index in [1.54, 1.807) is 7.11 Å². The van der Waals surface area contributed by atoms with Gasteiger partial charge in [0.05, 0.1) is 12.6 Å². The monoisotopic (exact) mass is 304 g/mol. The van der Waals surface area contributed by atoms with Crippen molar-refractivity contribution in [3.63, 3.8) is 0 Å². The Hall–Kier alpha value is -2.55. The highest BCUT2D eigenvalue weighted by atomic mass is 16.5. The Balaban J connectivity index is 1.80. The molecule has 0 unspecified atom stereocenters. The predicted octanol–water partition coefficient (Wildman–Crippen LogP) is 4.11. The fourth-order valence-electron chi connectivity index (χ4n) is 3.41. The van der Waals surface area contributed by atoms with E-state index in [1.165, 1.54) is 22.2 Å². The maximum atomic E-state index is 5.34. The minimum absolute atomic E-state index is 0.852. The van der Waals surface area contributed by atoms with Gasteiger partial charge >= 0.3 is 0 Å². The topological polar surface area (TPSA) is 25.4 Å². The first kappa shape index (κ1) is 14.1. The van der Waals surface area contributed by atoms with Crippen LogP contribution in [0.15, 0.2) is 48.5 Å². The Morgan fingerprint density at radius 2 is 1.87 bits per heavy atom. The summed E-state index contributed by atoms with van der Waals surface area (Å²) in [4.78, 5) is 7.14.